The lowest BCUT2D eigenvalue weighted by atomic mass is 10.1. The molecule has 1 aliphatic rings. The highest BCUT2D eigenvalue weighted by molar-refractivity contribution is 7.17. The number of aryl methyl sites for hydroxylation is 3. The molecule has 0 unspecified atom stereocenters. The summed E-state index contributed by atoms with van der Waals surface area (Å²) in [6, 6.07) is 12.4. The summed E-state index contributed by atoms with van der Waals surface area (Å²) in [6.07, 6.45) is 1.54. The Morgan fingerprint density at radius 1 is 0.919 bits per heavy atom. The summed E-state index contributed by atoms with van der Waals surface area (Å²) in [5, 5.41) is 6.62. The van der Waals surface area contributed by atoms with E-state index >= 15 is 0 Å². The largest absolute Gasteiger partial charge is 0.368 e. The number of piperazine rings is 1. The van der Waals surface area contributed by atoms with Gasteiger partial charge in [0, 0.05) is 37.6 Å². The van der Waals surface area contributed by atoms with Gasteiger partial charge < -0.3 is 15.1 Å². The van der Waals surface area contributed by atoms with Crippen LogP contribution >= 0.6 is 11.3 Å². The normalized spacial score (nSPS) is 13.5. The van der Waals surface area contributed by atoms with Gasteiger partial charge in [0.1, 0.15) is 16.5 Å². The predicted molar refractivity (Wildman–Crippen MR) is 145 cm³/mol. The lowest BCUT2D eigenvalue weighted by molar-refractivity contribution is 0.103. The molecule has 1 amide bonds. The zero-order valence-electron chi connectivity index (χ0n) is 20.8. The first-order chi connectivity index (χ1) is 17.9. The monoisotopic (exact) mass is 518 g/mol. The summed E-state index contributed by atoms with van der Waals surface area (Å²) in [5.41, 5.74) is 3.81. The third-order valence-corrected chi connectivity index (χ3v) is 7.07. The van der Waals surface area contributed by atoms with Gasteiger partial charge in [0.05, 0.1) is 6.20 Å². The van der Waals surface area contributed by atoms with E-state index in [2.05, 4.69) is 40.4 Å². The van der Waals surface area contributed by atoms with Crippen LogP contribution in [0, 0.1) is 26.6 Å². The molecular formula is C26H27FN8OS. The molecule has 37 heavy (non-hydrogen) atoms. The molecule has 0 radical (unpaired) electrons. The van der Waals surface area contributed by atoms with Gasteiger partial charge in [-0.1, -0.05) is 29.5 Å². The molecule has 9 nitrogen and oxygen atoms in total. The minimum absolute atomic E-state index is 0.213. The zero-order valence-corrected chi connectivity index (χ0v) is 21.6. The highest BCUT2D eigenvalue weighted by atomic mass is 32.1. The van der Waals surface area contributed by atoms with Crippen LogP contribution in [-0.2, 0) is 0 Å². The molecule has 5 rings (SSSR count). The van der Waals surface area contributed by atoms with Crippen LogP contribution in [0.2, 0.25) is 0 Å². The number of halogens is 1. The summed E-state index contributed by atoms with van der Waals surface area (Å²) < 4.78 is 13.2. The minimum atomic E-state index is -0.238. The molecule has 3 heterocycles. The summed E-state index contributed by atoms with van der Waals surface area (Å²) in [7, 11) is 0. The number of carbonyl (C=O) groups is 1. The van der Waals surface area contributed by atoms with Crippen LogP contribution in [0.5, 0.6) is 0 Å². The molecule has 0 bridgehead atoms. The van der Waals surface area contributed by atoms with E-state index in [1.54, 1.807) is 18.3 Å². The number of nitrogens with zero attached hydrogens (tertiary/aromatic N) is 6. The number of rotatable bonds is 6. The third kappa shape index (κ3) is 5.67. The van der Waals surface area contributed by atoms with E-state index in [1.165, 1.54) is 23.5 Å². The quantitative estimate of drug-likeness (QED) is 0.379. The SMILES string of the molecule is Cc1nc(Nc2ncc(C(=O)Nc3c(C)cccc3C)s2)nc(N2CCN(c3ccc(F)cc3)CC2)n1. The highest BCUT2D eigenvalue weighted by Crippen LogP contribution is 2.25. The van der Waals surface area contributed by atoms with E-state index in [1.807, 2.05) is 39.0 Å². The Kier molecular flexibility index (Phi) is 6.95. The van der Waals surface area contributed by atoms with Crippen molar-refractivity contribution in [2.75, 3.05) is 46.6 Å². The van der Waals surface area contributed by atoms with Crippen molar-refractivity contribution >= 4 is 45.6 Å². The van der Waals surface area contributed by atoms with E-state index in [0.29, 0.717) is 27.7 Å². The first kappa shape index (κ1) is 24.6. The molecule has 0 saturated carbocycles. The molecule has 1 fully saturated rings. The van der Waals surface area contributed by atoms with Gasteiger partial charge in [0.2, 0.25) is 11.9 Å². The van der Waals surface area contributed by atoms with Gasteiger partial charge in [-0.3, -0.25) is 10.1 Å². The molecule has 0 spiro atoms. The second kappa shape index (κ2) is 10.5. The number of benzene rings is 2. The Morgan fingerprint density at radius 3 is 2.30 bits per heavy atom. The average Bonchev–Trinajstić information content (AvgIpc) is 3.35. The molecule has 190 valence electrons. The molecule has 4 aromatic rings. The Morgan fingerprint density at radius 2 is 1.59 bits per heavy atom. The van der Waals surface area contributed by atoms with Crippen molar-refractivity contribution in [1.82, 2.24) is 19.9 Å². The van der Waals surface area contributed by atoms with Gasteiger partial charge in [-0.2, -0.15) is 15.0 Å². The molecule has 11 heteroatoms. The maximum Gasteiger partial charge on any atom is 0.267 e. The number of hydrogen-bond acceptors (Lipinski definition) is 9. The molecule has 1 saturated heterocycles. The van der Waals surface area contributed by atoms with Crippen LogP contribution in [-0.4, -0.2) is 52.0 Å². The van der Waals surface area contributed by atoms with Gasteiger partial charge in [-0.05, 0) is 56.2 Å². The standard InChI is InChI=1S/C26H27FN8OS/c1-16-5-4-6-17(2)22(16)31-23(36)21-15-28-26(37-21)33-24-29-18(3)30-25(32-24)35-13-11-34(12-14-35)20-9-7-19(27)8-10-20/h4-10,15H,11-14H2,1-3H3,(H,31,36)(H,28,29,30,32,33). The number of hydrogen-bond donors (Lipinski definition) is 2. The summed E-state index contributed by atoms with van der Waals surface area (Å²) >= 11 is 1.23. The average molecular weight is 519 g/mol. The van der Waals surface area contributed by atoms with Crippen molar-refractivity contribution in [3.63, 3.8) is 0 Å². The summed E-state index contributed by atoms with van der Waals surface area (Å²) in [6.45, 7) is 8.73. The van der Waals surface area contributed by atoms with E-state index < -0.39 is 0 Å². The van der Waals surface area contributed by atoms with Gasteiger partial charge in [0.15, 0.2) is 5.13 Å². The van der Waals surface area contributed by atoms with E-state index in [-0.39, 0.29) is 11.7 Å². The van der Waals surface area contributed by atoms with Gasteiger partial charge >= 0.3 is 0 Å². The van der Waals surface area contributed by atoms with Crippen molar-refractivity contribution in [3.8, 4) is 0 Å². The Bertz CT molecular complexity index is 1400. The maximum absolute atomic E-state index is 13.2. The van der Waals surface area contributed by atoms with Gasteiger partial charge in [-0.15, -0.1) is 0 Å². The molecule has 2 N–H and O–H groups in total. The lowest BCUT2D eigenvalue weighted by Gasteiger charge is -2.36. The van der Waals surface area contributed by atoms with Crippen molar-refractivity contribution in [3.05, 3.63) is 76.3 Å². The van der Waals surface area contributed by atoms with Crippen LogP contribution in [0.15, 0.2) is 48.7 Å². The molecule has 1 aliphatic heterocycles. The van der Waals surface area contributed by atoms with E-state index in [4.69, 9.17) is 0 Å². The van der Waals surface area contributed by atoms with E-state index in [9.17, 15) is 9.18 Å². The fraction of sp³-hybridized carbons (Fsp3) is 0.269. The molecular weight excluding hydrogens is 491 g/mol. The highest BCUT2D eigenvalue weighted by Gasteiger charge is 2.21. The minimum Gasteiger partial charge on any atom is -0.368 e. The van der Waals surface area contributed by atoms with Crippen LogP contribution in [0.25, 0.3) is 0 Å². The first-order valence-corrected chi connectivity index (χ1v) is 12.8. The second-order valence-corrected chi connectivity index (χ2v) is 9.86. The third-order valence-electron chi connectivity index (χ3n) is 6.16. The fourth-order valence-corrected chi connectivity index (χ4v) is 4.91. The first-order valence-electron chi connectivity index (χ1n) is 11.9. The van der Waals surface area contributed by atoms with Crippen molar-refractivity contribution in [2.24, 2.45) is 0 Å². The zero-order chi connectivity index (χ0) is 25.9. The van der Waals surface area contributed by atoms with Crippen molar-refractivity contribution < 1.29 is 9.18 Å². The van der Waals surface area contributed by atoms with Crippen LogP contribution in [0.4, 0.5) is 32.8 Å². The van der Waals surface area contributed by atoms with Crippen molar-refractivity contribution in [2.45, 2.75) is 20.8 Å². The number of thiazole rings is 1. The van der Waals surface area contributed by atoms with Crippen LogP contribution in [0.1, 0.15) is 26.6 Å². The lowest BCUT2D eigenvalue weighted by Crippen LogP contribution is -2.47. The fourth-order valence-electron chi connectivity index (χ4n) is 4.20. The van der Waals surface area contributed by atoms with Gasteiger partial charge in [-0.25, -0.2) is 9.37 Å². The molecule has 2 aromatic heterocycles. The Hall–Kier alpha value is -4.12. The Labute approximate surface area is 218 Å². The number of aromatic nitrogens is 4. The number of anilines is 5. The number of carbonyl (C=O) groups excluding carboxylic acids is 1. The van der Waals surface area contributed by atoms with Gasteiger partial charge in [0.25, 0.3) is 5.91 Å². The summed E-state index contributed by atoms with van der Waals surface area (Å²) in [5.74, 6) is 1.09. The van der Waals surface area contributed by atoms with Crippen LogP contribution in [0.3, 0.4) is 0 Å². The Balaban J connectivity index is 1.24. The molecule has 0 atom stereocenters. The van der Waals surface area contributed by atoms with Crippen molar-refractivity contribution in [1.29, 1.82) is 0 Å². The second-order valence-electron chi connectivity index (χ2n) is 8.83. The number of nitrogens with one attached hydrogen (secondary N) is 2. The molecule has 0 aliphatic carbocycles. The van der Waals surface area contributed by atoms with E-state index in [0.717, 1.165) is 48.7 Å². The number of amides is 1. The summed E-state index contributed by atoms with van der Waals surface area (Å²) in [4.78, 5) is 35.5. The maximum atomic E-state index is 13.2. The topological polar surface area (TPSA) is 99.2 Å². The molecule has 2 aromatic carbocycles. The predicted octanol–water partition coefficient (Wildman–Crippen LogP) is 4.71. The number of para-hydroxylation sites is 1. The smallest absolute Gasteiger partial charge is 0.267 e. The van der Waals surface area contributed by atoms with Crippen LogP contribution < -0.4 is 20.4 Å².